The van der Waals surface area contributed by atoms with E-state index in [-0.39, 0.29) is 11.6 Å². The summed E-state index contributed by atoms with van der Waals surface area (Å²) in [5, 5.41) is 1.12. The highest BCUT2D eigenvalue weighted by Gasteiger charge is 2.15. The number of halogens is 2. The van der Waals surface area contributed by atoms with Crippen LogP contribution in [0.15, 0.2) is 42.5 Å². The van der Waals surface area contributed by atoms with Gasteiger partial charge in [0.25, 0.3) is 0 Å². The second-order valence-corrected chi connectivity index (χ2v) is 5.86. The Morgan fingerprint density at radius 1 is 1.20 bits per heavy atom. The maximum absolute atomic E-state index is 13.0. The van der Waals surface area contributed by atoms with Crippen LogP contribution in [0.3, 0.4) is 0 Å². The standard InChI is InChI=1S/C19H15ClFNO3/c1-11(23)25-16-8-5-13-10-14(9-12-3-6-15(21)7-4-12)19(20)22-17(13)18(16)24-2/h3-8,10H,9H2,1-2H3. The van der Waals surface area contributed by atoms with Gasteiger partial charge in [0, 0.05) is 18.7 Å². The normalized spacial score (nSPS) is 10.7. The lowest BCUT2D eigenvalue weighted by atomic mass is 10.0. The van der Waals surface area contributed by atoms with Crippen molar-refractivity contribution in [1.29, 1.82) is 0 Å². The number of benzene rings is 2. The van der Waals surface area contributed by atoms with Crippen molar-refractivity contribution in [3.8, 4) is 11.5 Å². The summed E-state index contributed by atoms with van der Waals surface area (Å²) in [7, 11) is 1.48. The van der Waals surface area contributed by atoms with E-state index >= 15 is 0 Å². The lowest BCUT2D eigenvalue weighted by Crippen LogP contribution is -2.04. The van der Waals surface area contributed by atoms with Crippen molar-refractivity contribution in [2.75, 3.05) is 7.11 Å². The number of carbonyl (C=O) groups excluding carboxylic acids is 1. The topological polar surface area (TPSA) is 48.4 Å². The van der Waals surface area contributed by atoms with Gasteiger partial charge in [-0.25, -0.2) is 9.37 Å². The third kappa shape index (κ3) is 3.72. The molecular formula is C19H15ClFNO3. The van der Waals surface area contributed by atoms with E-state index in [4.69, 9.17) is 21.1 Å². The zero-order valence-corrected chi connectivity index (χ0v) is 14.4. The predicted molar refractivity (Wildman–Crippen MR) is 93.8 cm³/mol. The average molecular weight is 360 g/mol. The highest BCUT2D eigenvalue weighted by molar-refractivity contribution is 6.30. The summed E-state index contributed by atoms with van der Waals surface area (Å²) in [6.07, 6.45) is 0.524. The molecule has 6 heteroatoms. The quantitative estimate of drug-likeness (QED) is 0.389. The van der Waals surface area contributed by atoms with E-state index in [0.717, 1.165) is 16.5 Å². The van der Waals surface area contributed by atoms with E-state index in [1.165, 1.54) is 26.2 Å². The van der Waals surface area contributed by atoms with Gasteiger partial charge in [0.1, 0.15) is 16.5 Å². The Hall–Kier alpha value is -2.66. The molecule has 1 heterocycles. The largest absolute Gasteiger partial charge is 0.491 e. The lowest BCUT2D eigenvalue weighted by Gasteiger charge is -2.12. The van der Waals surface area contributed by atoms with Crippen molar-refractivity contribution in [2.24, 2.45) is 0 Å². The molecule has 3 aromatic rings. The molecule has 0 spiro atoms. The molecule has 3 rings (SSSR count). The molecule has 0 saturated carbocycles. The van der Waals surface area contributed by atoms with E-state index in [9.17, 15) is 9.18 Å². The van der Waals surface area contributed by atoms with Crippen LogP contribution in [-0.4, -0.2) is 18.1 Å². The van der Waals surface area contributed by atoms with Crippen LogP contribution < -0.4 is 9.47 Å². The highest BCUT2D eigenvalue weighted by Crippen LogP contribution is 2.36. The molecule has 0 radical (unpaired) electrons. The Morgan fingerprint density at radius 3 is 2.56 bits per heavy atom. The number of rotatable bonds is 4. The van der Waals surface area contributed by atoms with Gasteiger partial charge in [-0.05, 0) is 41.5 Å². The third-order valence-corrected chi connectivity index (χ3v) is 4.02. The molecule has 0 saturated heterocycles. The fraction of sp³-hybridized carbons (Fsp3) is 0.158. The third-order valence-electron chi connectivity index (χ3n) is 3.70. The second kappa shape index (κ2) is 7.07. The number of esters is 1. The summed E-state index contributed by atoms with van der Waals surface area (Å²) in [6, 6.07) is 11.6. The van der Waals surface area contributed by atoms with Crippen molar-refractivity contribution in [1.82, 2.24) is 4.98 Å². The Labute approximate surface area is 149 Å². The monoisotopic (exact) mass is 359 g/mol. The van der Waals surface area contributed by atoms with Gasteiger partial charge in [-0.3, -0.25) is 4.79 Å². The van der Waals surface area contributed by atoms with Crippen molar-refractivity contribution < 1.29 is 18.7 Å². The van der Waals surface area contributed by atoms with Gasteiger partial charge in [-0.2, -0.15) is 0 Å². The first-order chi connectivity index (χ1) is 12.0. The number of aromatic nitrogens is 1. The molecule has 25 heavy (non-hydrogen) atoms. The van der Waals surface area contributed by atoms with Crippen LogP contribution in [-0.2, 0) is 11.2 Å². The summed E-state index contributed by atoms with van der Waals surface area (Å²) in [5.41, 5.74) is 2.24. The van der Waals surface area contributed by atoms with Gasteiger partial charge < -0.3 is 9.47 Å². The van der Waals surface area contributed by atoms with E-state index < -0.39 is 5.97 Å². The Morgan fingerprint density at radius 2 is 1.92 bits per heavy atom. The van der Waals surface area contributed by atoms with Crippen LogP contribution in [0, 0.1) is 5.82 Å². The van der Waals surface area contributed by atoms with Gasteiger partial charge >= 0.3 is 5.97 Å². The van der Waals surface area contributed by atoms with Crippen LogP contribution in [0.4, 0.5) is 4.39 Å². The zero-order valence-electron chi connectivity index (χ0n) is 13.7. The summed E-state index contributed by atoms with van der Waals surface area (Å²) in [5.74, 6) is -0.0915. The van der Waals surface area contributed by atoms with Crippen LogP contribution in [0.5, 0.6) is 11.5 Å². The summed E-state index contributed by atoms with van der Waals surface area (Å²) >= 11 is 6.32. The summed E-state index contributed by atoms with van der Waals surface area (Å²) < 4.78 is 23.5. The van der Waals surface area contributed by atoms with E-state index in [0.29, 0.717) is 22.8 Å². The molecule has 2 aromatic carbocycles. The molecule has 1 aromatic heterocycles. The van der Waals surface area contributed by atoms with Gasteiger partial charge in [-0.1, -0.05) is 23.7 Å². The van der Waals surface area contributed by atoms with Gasteiger partial charge in [0.15, 0.2) is 11.5 Å². The van der Waals surface area contributed by atoms with Crippen LogP contribution in [0.2, 0.25) is 5.15 Å². The SMILES string of the molecule is COc1c(OC(C)=O)ccc2cc(Cc3ccc(F)cc3)c(Cl)nc12. The molecule has 4 nitrogen and oxygen atoms in total. The molecule has 0 atom stereocenters. The molecule has 0 amide bonds. The maximum atomic E-state index is 13.0. The fourth-order valence-corrected chi connectivity index (χ4v) is 2.80. The minimum absolute atomic E-state index is 0.283. The molecule has 0 unspecified atom stereocenters. The number of hydrogen-bond donors (Lipinski definition) is 0. The fourth-order valence-electron chi connectivity index (χ4n) is 2.60. The molecule has 0 aliphatic rings. The Balaban J connectivity index is 2.04. The summed E-state index contributed by atoms with van der Waals surface area (Å²) in [4.78, 5) is 15.6. The average Bonchev–Trinajstić information content (AvgIpc) is 2.57. The number of pyridine rings is 1. The lowest BCUT2D eigenvalue weighted by molar-refractivity contribution is -0.131. The Bertz CT molecular complexity index is 942. The molecule has 0 fully saturated rings. The van der Waals surface area contributed by atoms with Gasteiger partial charge in [-0.15, -0.1) is 0 Å². The van der Waals surface area contributed by atoms with E-state index in [2.05, 4.69) is 4.98 Å². The van der Waals surface area contributed by atoms with Crippen molar-refractivity contribution in [2.45, 2.75) is 13.3 Å². The molecule has 0 N–H and O–H groups in total. The van der Waals surface area contributed by atoms with E-state index in [1.807, 2.05) is 6.07 Å². The van der Waals surface area contributed by atoms with Crippen LogP contribution in [0.25, 0.3) is 10.9 Å². The maximum Gasteiger partial charge on any atom is 0.308 e. The predicted octanol–water partition coefficient (Wildman–Crippen LogP) is 4.55. The molecule has 0 aliphatic carbocycles. The molecule has 128 valence electrons. The van der Waals surface area contributed by atoms with Crippen molar-refractivity contribution in [3.05, 3.63) is 64.6 Å². The smallest absolute Gasteiger partial charge is 0.308 e. The minimum Gasteiger partial charge on any atom is -0.491 e. The highest BCUT2D eigenvalue weighted by atomic mass is 35.5. The number of fused-ring (bicyclic) bond motifs is 1. The van der Waals surface area contributed by atoms with Crippen molar-refractivity contribution in [3.63, 3.8) is 0 Å². The first-order valence-electron chi connectivity index (χ1n) is 7.57. The minimum atomic E-state index is -0.448. The Kier molecular flexibility index (Phi) is 4.86. The summed E-state index contributed by atoms with van der Waals surface area (Å²) in [6.45, 7) is 1.32. The number of hydrogen-bond acceptors (Lipinski definition) is 4. The van der Waals surface area contributed by atoms with Gasteiger partial charge in [0.05, 0.1) is 7.11 Å². The second-order valence-electron chi connectivity index (χ2n) is 5.50. The number of ether oxygens (including phenoxy) is 2. The zero-order chi connectivity index (χ0) is 18.0. The van der Waals surface area contributed by atoms with Crippen LogP contribution >= 0.6 is 11.6 Å². The molecular weight excluding hydrogens is 345 g/mol. The van der Waals surface area contributed by atoms with E-state index in [1.54, 1.807) is 24.3 Å². The first kappa shape index (κ1) is 17.2. The number of methoxy groups -OCH3 is 1. The molecule has 0 aliphatic heterocycles. The van der Waals surface area contributed by atoms with Gasteiger partial charge in [0.2, 0.25) is 0 Å². The van der Waals surface area contributed by atoms with Crippen LogP contribution in [0.1, 0.15) is 18.1 Å². The number of carbonyl (C=O) groups is 1. The first-order valence-corrected chi connectivity index (χ1v) is 7.94. The number of nitrogens with zero attached hydrogens (tertiary/aromatic N) is 1. The molecule has 0 bridgehead atoms. The van der Waals surface area contributed by atoms with Crippen molar-refractivity contribution >= 4 is 28.5 Å².